The third kappa shape index (κ3) is 19.0. The molecule has 91 heavy (non-hydrogen) atoms. The lowest BCUT2D eigenvalue weighted by molar-refractivity contribution is -0.314. The van der Waals surface area contributed by atoms with Crippen molar-refractivity contribution in [1.82, 2.24) is 26.6 Å². The summed E-state index contributed by atoms with van der Waals surface area (Å²) in [4.78, 5) is 67.5. The van der Waals surface area contributed by atoms with E-state index in [1.54, 1.807) is 152 Å². The number of rotatable bonds is 24. The van der Waals surface area contributed by atoms with E-state index in [4.69, 9.17) is 52.1 Å². The minimum atomic E-state index is -2.01. The molecule has 12 N–H and O–H groups in total. The van der Waals surface area contributed by atoms with Crippen molar-refractivity contribution in [3.8, 4) is 0 Å². The summed E-state index contributed by atoms with van der Waals surface area (Å²) in [6.45, 7) is -3.01. The summed E-state index contributed by atoms with van der Waals surface area (Å²) >= 11 is 0. The molecule has 0 bridgehead atoms. The maximum absolute atomic E-state index is 14.0. The lowest BCUT2D eigenvalue weighted by Crippen LogP contribution is -2.70. The molecule has 28 nitrogen and oxygen atoms in total. The second-order valence-corrected chi connectivity index (χ2v) is 21.9. The Morgan fingerprint density at radius 2 is 0.769 bits per heavy atom. The molecule has 5 aromatic rings. The van der Waals surface area contributed by atoms with Gasteiger partial charge in [0.05, 0.1) is 37.5 Å². The van der Waals surface area contributed by atoms with Gasteiger partial charge in [-0.15, -0.1) is 0 Å². The van der Waals surface area contributed by atoms with Crippen LogP contribution in [0.15, 0.2) is 152 Å². The minimum Gasteiger partial charge on any atom is -0.445 e. The number of carbonyl (C=O) groups excluding carboxylic acids is 5. The summed E-state index contributed by atoms with van der Waals surface area (Å²) in [6.07, 6.45) is -30.1. The molecule has 5 aromatic carbocycles. The molecule has 28 heteroatoms. The number of nitrogens with one attached hydrogen (secondary N) is 5. The zero-order valence-corrected chi connectivity index (χ0v) is 49.1. The molecule has 490 valence electrons. The predicted molar refractivity (Wildman–Crippen MR) is 313 cm³/mol. The fraction of sp³-hybridized carbons (Fsp3) is 0.444. The molecule has 0 radical (unpaired) electrons. The molecule has 3 aliphatic heterocycles. The topological polar surface area (TPSA) is 389 Å². The van der Waals surface area contributed by atoms with E-state index in [0.717, 1.165) is 0 Å². The molecule has 0 spiro atoms. The second kappa shape index (κ2) is 33.3. The molecule has 0 aromatic heterocycles. The van der Waals surface area contributed by atoms with Gasteiger partial charge in [0.25, 0.3) is 0 Å². The van der Waals surface area contributed by atoms with Gasteiger partial charge >= 0.3 is 30.5 Å². The van der Waals surface area contributed by atoms with Crippen LogP contribution in [0.25, 0.3) is 0 Å². The number of hydrogen-bond acceptors (Lipinski definition) is 23. The van der Waals surface area contributed by atoms with E-state index in [2.05, 4.69) is 26.6 Å². The van der Waals surface area contributed by atoms with E-state index >= 15 is 0 Å². The molecule has 0 unspecified atom stereocenters. The first-order valence-corrected chi connectivity index (χ1v) is 29.5. The second-order valence-electron chi connectivity index (χ2n) is 21.9. The Balaban J connectivity index is 1.00. The standard InChI is InChI=1S/C63H75N5O23/c69-29-45-50(73)51(74)48(68-63(80)85-35-40-24-14-5-15-25-40)57(87-45)89-53-43(66-61(78)83-33-38-20-10-3-11-21-38)27-42(65-60(77)82-32-37-18-8-2-9-19-37)49(72)55(53)91-58-52(75)54(46(30-70)88-58)90-56-47(67-62(79)84-34-39-22-12-4-13-23-39)44(71)26-41(86-56)28-64-59(76)81-31-36-16-6-1-7-17-36/h1-25,41-58,69-75H,26-35H2,(H,64,76)(H,65,77)(H,66,78)(H,67,79)(H,68,80)/t41-,42-,43+,44+,45-,46-,47-,48-,49+,50-,51-,52-,53-,54-,55-,56-,57-,58+/m1/s1. The Kier molecular flexibility index (Phi) is 24.6. The van der Waals surface area contributed by atoms with Crippen molar-refractivity contribution in [3.63, 3.8) is 0 Å². The first-order chi connectivity index (χ1) is 44.1. The van der Waals surface area contributed by atoms with Gasteiger partial charge in [-0.3, -0.25) is 0 Å². The van der Waals surface area contributed by atoms with Crippen LogP contribution in [-0.4, -0.2) is 196 Å². The van der Waals surface area contributed by atoms with Gasteiger partial charge < -0.3 is 114 Å². The molecule has 4 fully saturated rings. The zero-order valence-electron chi connectivity index (χ0n) is 49.1. The van der Waals surface area contributed by atoms with Crippen LogP contribution in [0.4, 0.5) is 24.0 Å². The van der Waals surface area contributed by atoms with E-state index in [-0.39, 0.29) is 46.0 Å². The van der Waals surface area contributed by atoms with Crippen molar-refractivity contribution < 1.29 is 112 Å². The van der Waals surface area contributed by atoms with Gasteiger partial charge in [-0.1, -0.05) is 152 Å². The van der Waals surface area contributed by atoms with Gasteiger partial charge in [-0.05, 0) is 34.2 Å². The van der Waals surface area contributed by atoms with Crippen LogP contribution in [-0.2, 0) is 85.1 Å². The predicted octanol–water partition coefficient (Wildman–Crippen LogP) is 2.01. The minimum absolute atomic E-state index is 0.0633. The first-order valence-electron chi connectivity index (χ1n) is 29.5. The van der Waals surface area contributed by atoms with Crippen molar-refractivity contribution in [3.05, 3.63) is 179 Å². The van der Waals surface area contributed by atoms with Gasteiger partial charge in [-0.25, -0.2) is 24.0 Å². The average Bonchev–Trinajstić information content (AvgIpc) is 1.95. The number of aliphatic hydroxyl groups is 7. The van der Waals surface area contributed by atoms with E-state index < -0.39 is 160 Å². The van der Waals surface area contributed by atoms with Crippen LogP contribution in [0.5, 0.6) is 0 Å². The lowest BCUT2D eigenvalue weighted by atomic mass is 9.83. The number of carbonyl (C=O) groups is 5. The third-order valence-electron chi connectivity index (χ3n) is 15.5. The molecule has 18 atom stereocenters. The highest BCUT2D eigenvalue weighted by molar-refractivity contribution is 5.70. The largest absolute Gasteiger partial charge is 0.445 e. The van der Waals surface area contributed by atoms with Crippen LogP contribution in [0.1, 0.15) is 40.7 Å². The summed E-state index contributed by atoms with van der Waals surface area (Å²) in [6, 6.07) is 37.3. The number of ether oxygens (including phenoxy) is 11. The Labute approximate surface area is 522 Å². The molecular formula is C63H75N5O23. The summed E-state index contributed by atoms with van der Waals surface area (Å²) < 4.78 is 65.3. The molecule has 4 aliphatic rings. The van der Waals surface area contributed by atoms with Gasteiger partial charge in [0.15, 0.2) is 18.9 Å². The SMILES string of the molecule is O=C(NC[C@H]1C[C@H](O)[C@@H](NC(=O)OCc2ccccc2)[C@@H](O[C@H]2[C@@H](O)[C@H](O[C@@H]3[C@@H](O)[C@H](NC(=O)OCc4ccccc4)C[C@H](NC(=O)OCc4ccccc4)[C@H]3O[C@H]3O[C@H](CO)[C@@H](O)[C@H](O)[C@H]3NC(=O)OCc3ccccc3)O[C@@H]2CO)O1)OCc1ccccc1. The maximum atomic E-state index is 14.0. The van der Waals surface area contributed by atoms with Crippen molar-refractivity contribution in [1.29, 1.82) is 0 Å². The number of benzene rings is 5. The quantitative estimate of drug-likeness (QED) is 0.0393. The van der Waals surface area contributed by atoms with E-state index in [0.29, 0.717) is 27.8 Å². The van der Waals surface area contributed by atoms with E-state index in [9.17, 15) is 59.7 Å². The third-order valence-corrected chi connectivity index (χ3v) is 15.5. The Morgan fingerprint density at radius 3 is 1.23 bits per heavy atom. The van der Waals surface area contributed by atoms with Gasteiger partial charge in [0.2, 0.25) is 0 Å². The molecule has 9 rings (SSSR count). The summed E-state index contributed by atoms with van der Waals surface area (Å²) in [5.41, 5.74) is 3.13. The Bertz CT molecular complexity index is 3060. The van der Waals surface area contributed by atoms with Gasteiger partial charge in [0, 0.05) is 13.0 Å². The van der Waals surface area contributed by atoms with Crippen molar-refractivity contribution in [2.75, 3.05) is 19.8 Å². The van der Waals surface area contributed by atoms with Crippen LogP contribution in [0.2, 0.25) is 0 Å². The van der Waals surface area contributed by atoms with Crippen molar-refractivity contribution in [2.24, 2.45) is 0 Å². The van der Waals surface area contributed by atoms with Crippen molar-refractivity contribution in [2.45, 2.75) is 156 Å². The molecule has 5 amide bonds. The highest BCUT2D eigenvalue weighted by Crippen LogP contribution is 2.36. The first kappa shape index (κ1) is 67.3. The molecular weight excluding hydrogens is 1190 g/mol. The maximum Gasteiger partial charge on any atom is 0.407 e. The molecule has 1 aliphatic carbocycles. The normalized spacial score (nSPS) is 29.5. The smallest absolute Gasteiger partial charge is 0.407 e. The molecule has 1 saturated carbocycles. The monoisotopic (exact) mass is 1270 g/mol. The highest BCUT2D eigenvalue weighted by Gasteiger charge is 2.56. The Morgan fingerprint density at radius 1 is 0.385 bits per heavy atom. The van der Waals surface area contributed by atoms with E-state index in [1.165, 1.54) is 0 Å². The highest BCUT2D eigenvalue weighted by atomic mass is 16.8. The van der Waals surface area contributed by atoms with Gasteiger partial charge in [-0.2, -0.15) is 0 Å². The van der Waals surface area contributed by atoms with Crippen molar-refractivity contribution >= 4 is 30.5 Å². The number of amides is 5. The summed E-state index contributed by atoms with van der Waals surface area (Å²) in [5.74, 6) is 0. The average molecular weight is 1270 g/mol. The van der Waals surface area contributed by atoms with E-state index in [1.807, 2.05) is 0 Å². The fourth-order valence-corrected chi connectivity index (χ4v) is 10.7. The molecule has 3 saturated heterocycles. The van der Waals surface area contributed by atoms with Crippen LogP contribution >= 0.6 is 0 Å². The Hall–Kier alpha value is -8.07. The van der Waals surface area contributed by atoms with Crippen LogP contribution in [0, 0.1) is 0 Å². The number of alkyl carbamates (subject to hydrolysis) is 5. The summed E-state index contributed by atoms with van der Waals surface area (Å²) in [7, 11) is 0. The zero-order chi connectivity index (χ0) is 64.2. The van der Waals surface area contributed by atoms with Crippen LogP contribution < -0.4 is 26.6 Å². The lowest BCUT2D eigenvalue weighted by Gasteiger charge is -2.48. The molecule has 3 heterocycles. The summed E-state index contributed by atoms with van der Waals surface area (Å²) in [5, 5.41) is 93.6. The fourth-order valence-electron chi connectivity index (χ4n) is 10.7. The number of aliphatic hydroxyl groups excluding tert-OH is 7. The number of hydrogen-bond donors (Lipinski definition) is 12. The van der Waals surface area contributed by atoms with Crippen LogP contribution in [0.3, 0.4) is 0 Å². The van der Waals surface area contributed by atoms with Gasteiger partial charge in [0.1, 0.15) is 100 Å².